The number of benzene rings is 1. The van der Waals surface area contributed by atoms with Gasteiger partial charge in [0.05, 0.1) is 12.7 Å². The van der Waals surface area contributed by atoms with E-state index in [1.165, 1.54) is 31.4 Å². The lowest BCUT2D eigenvalue weighted by atomic mass is 9.87. The second-order valence-electron chi connectivity index (χ2n) is 8.22. The zero-order valence-electron chi connectivity index (χ0n) is 14.7. The van der Waals surface area contributed by atoms with Crippen molar-refractivity contribution in [1.29, 1.82) is 0 Å². The molecule has 3 saturated carbocycles. The van der Waals surface area contributed by atoms with E-state index in [1.807, 2.05) is 0 Å². The number of ether oxygens (including phenoxy) is 1. The van der Waals surface area contributed by atoms with Crippen LogP contribution in [0.5, 0.6) is 0 Å². The Kier molecular flexibility index (Phi) is 4.07. The van der Waals surface area contributed by atoms with E-state index in [2.05, 4.69) is 5.16 Å². The molecule has 3 atom stereocenters. The average molecular weight is 359 g/mol. The molecule has 3 fully saturated rings. The average Bonchev–Trinajstić information content (AvgIpc) is 3.30. The number of aromatic nitrogens is 1. The van der Waals surface area contributed by atoms with E-state index >= 15 is 0 Å². The Balaban J connectivity index is 1.40. The highest BCUT2D eigenvalue weighted by Gasteiger charge is 2.36. The van der Waals surface area contributed by atoms with Crippen LogP contribution in [0.3, 0.4) is 0 Å². The third-order valence-corrected chi connectivity index (χ3v) is 6.26. The monoisotopic (exact) mass is 359 g/mol. The summed E-state index contributed by atoms with van der Waals surface area (Å²) in [5.74, 6) is 1.59. The number of fused-ring (bicyclic) bond motifs is 2. The van der Waals surface area contributed by atoms with Gasteiger partial charge in [0.1, 0.15) is 23.1 Å². The third kappa shape index (κ3) is 3.07. The molecule has 0 aliphatic heterocycles. The van der Waals surface area contributed by atoms with Gasteiger partial charge in [-0.05, 0) is 56.1 Å². The normalized spacial score (nSPS) is 27.8. The quantitative estimate of drug-likeness (QED) is 0.698. The summed E-state index contributed by atoms with van der Waals surface area (Å²) in [5.41, 5.74) is 1.59. The van der Waals surface area contributed by atoms with Crippen LogP contribution < -0.4 is 0 Å². The Morgan fingerprint density at radius 3 is 2.50 bits per heavy atom. The van der Waals surface area contributed by atoms with Crippen LogP contribution in [0.25, 0.3) is 11.3 Å². The summed E-state index contributed by atoms with van der Waals surface area (Å²) in [4.78, 5) is 0. The summed E-state index contributed by atoms with van der Waals surface area (Å²) in [7, 11) is 0. The standard InChI is InChI=1S/C21H23F2NO2/c22-15-5-6-17(19(23)10-15)20-18(21(26-24-20)14-3-4-14)11-25-16-8-12-1-2-13(7-12)9-16/h5-6,10,12-14,16H,1-4,7-9,11H2/t12-,13?,16?/m1/s1. The Hall–Kier alpha value is -1.75. The van der Waals surface area contributed by atoms with Gasteiger partial charge in [0, 0.05) is 23.1 Å². The fourth-order valence-electron chi connectivity index (χ4n) is 4.80. The highest BCUT2D eigenvalue weighted by atomic mass is 19.1. The van der Waals surface area contributed by atoms with Crippen LogP contribution in [0.15, 0.2) is 22.7 Å². The Labute approximate surface area is 151 Å². The molecule has 1 aromatic heterocycles. The lowest BCUT2D eigenvalue weighted by Gasteiger charge is -2.27. The molecule has 2 bridgehead atoms. The van der Waals surface area contributed by atoms with Crippen molar-refractivity contribution >= 4 is 0 Å². The van der Waals surface area contributed by atoms with Gasteiger partial charge in [-0.3, -0.25) is 0 Å². The van der Waals surface area contributed by atoms with Gasteiger partial charge in [0.15, 0.2) is 0 Å². The lowest BCUT2D eigenvalue weighted by Crippen LogP contribution is -2.23. The van der Waals surface area contributed by atoms with E-state index in [9.17, 15) is 8.78 Å². The van der Waals surface area contributed by atoms with Crippen molar-refractivity contribution in [3.8, 4) is 11.3 Å². The van der Waals surface area contributed by atoms with Crippen molar-refractivity contribution in [1.82, 2.24) is 5.16 Å². The van der Waals surface area contributed by atoms with E-state index in [0.717, 1.165) is 54.9 Å². The van der Waals surface area contributed by atoms with E-state index in [1.54, 1.807) is 0 Å². The number of hydrogen-bond acceptors (Lipinski definition) is 3. The number of nitrogens with zero attached hydrogens (tertiary/aromatic N) is 1. The second-order valence-corrected chi connectivity index (χ2v) is 8.22. The molecule has 2 unspecified atom stereocenters. The van der Waals surface area contributed by atoms with Crippen molar-refractivity contribution < 1.29 is 18.0 Å². The zero-order chi connectivity index (χ0) is 17.7. The minimum absolute atomic E-state index is 0.272. The SMILES string of the molecule is Fc1ccc(-c2noc(C3CC3)c2COC2CC3CC[C@H](C3)C2)c(F)c1. The van der Waals surface area contributed by atoms with Gasteiger partial charge in [-0.2, -0.15) is 0 Å². The molecule has 0 saturated heterocycles. The summed E-state index contributed by atoms with van der Waals surface area (Å²) in [6.45, 7) is 0.394. The van der Waals surface area contributed by atoms with Crippen LogP contribution in [0.4, 0.5) is 8.78 Å². The first-order valence-electron chi connectivity index (χ1n) is 9.73. The fourth-order valence-corrected chi connectivity index (χ4v) is 4.80. The second kappa shape index (κ2) is 6.45. The van der Waals surface area contributed by atoms with Crippen molar-refractivity contribution in [3.05, 3.63) is 41.2 Å². The first kappa shape index (κ1) is 16.4. The predicted molar refractivity (Wildman–Crippen MR) is 92.5 cm³/mol. The van der Waals surface area contributed by atoms with Crippen LogP contribution in [0.2, 0.25) is 0 Å². The van der Waals surface area contributed by atoms with Crippen LogP contribution in [0, 0.1) is 23.5 Å². The molecule has 0 spiro atoms. The van der Waals surface area contributed by atoms with Gasteiger partial charge in [0.2, 0.25) is 0 Å². The minimum Gasteiger partial charge on any atom is -0.373 e. The molecular formula is C21H23F2NO2. The van der Waals surface area contributed by atoms with Crippen LogP contribution in [-0.2, 0) is 11.3 Å². The first-order chi connectivity index (χ1) is 12.7. The maximum absolute atomic E-state index is 14.3. The van der Waals surface area contributed by atoms with Gasteiger partial charge >= 0.3 is 0 Å². The Bertz CT molecular complexity index is 802. The van der Waals surface area contributed by atoms with Crippen LogP contribution >= 0.6 is 0 Å². The topological polar surface area (TPSA) is 35.3 Å². The van der Waals surface area contributed by atoms with Gasteiger partial charge in [0.25, 0.3) is 0 Å². The maximum atomic E-state index is 14.3. The maximum Gasteiger partial charge on any atom is 0.145 e. The van der Waals surface area contributed by atoms with Gasteiger partial charge in [-0.15, -0.1) is 0 Å². The fraction of sp³-hybridized carbons (Fsp3) is 0.571. The van der Waals surface area contributed by atoms with Gasteiger partial charge in [-0.25, -0.2) is 8.78 Å². The van der Waals surface area contributed by atoms with Crippen molar-refractivity contribution in [2.24, 2.45) is 11.8 Å². The van der Waals surface area contributed by atoms with Crippen molar-refractivity contribution in [3.63, 3.8) is 0 Å². The molecule has 1 heterocycles. The molecule has 5 rings (SSSR count). The molecule has 3 nitrogen and oxygen atoms in total. The lowest BCUT2D eigenvalue weighted by molar-refractivity contribution is -0.00126. The molecular weight excluding hydrogens is 336 g/mol. The highest BCUT2D eigenvalue weighted by molar-refractivity contribution is 5.64. The summed E-state index contributed by atoms with van der Waals surface area (Å²) in [6, 6.07) is 3.58. The predicted octanol–water partition coefficient (Wildman–Crippen LogP) is 5.59. The third-order valence-electron chi connectivity index (χ3n) is 6.26. The van der Waals surface area contributed by atoms with Crippen molar-refractivity contribution in [2.45, 2.75) is 63.6 Å². The summed E-state index contributed by atoms with van der Waals surface area (Å²) >= 11 is 0. The number of hydrogen-bond donors (Lipinski definition) is 0. The zero-order valence-corrected chi connectivity index (χ0v) is 14.7. The summed E-state index contributed by atoms with van der Waals surface area (Å²) in [6.07, 6.45) is 8.68. The number of halogens is 2. The van der Waals surface area contributed by atoms with Crippen molar-refractivity contribution in [2.75, 3.05) is 0 Å². The van der Waals surface area contributed by atoms with E-state index in [0.29, 0.717) is 18.2 Å². The minimum atomic E-state index is -0.613. The molecule has 0 N–H and O–H groups in total. The van der Waals surface area contributed by atoms with Crippen LogP contribution in [-0.4, -0.2) is 11.3 Å². The summed E-state index contributed by atoms with van der Waals surface area (Å²) in [5, 5.41) is 4.13. The highest BCUT2D eigenvalue weighted by Crippen LogP contribution is 2.46. The van der Waals surface area contributed by atoms with Crippen LogP contribution in [0.1, 0.15) is 62.2 Å². The molecule has 3 aliphatic rings. The van der Waals surface area contributed by atoms with E-state index < -0.39 is 11.6 Å². The van der Waals surface area contributed by atoms with Gasteiger partial charge < -0.3 is 9.26 Å². The molecule has 26 heavy (non-hydrogen) atoms. The van der Waals surface area contributed by atoms with E-state index in [4.69, 9.17) is 9.26 Å². The smallest absolute Gasteiger partial charge is 0.145 e. The van der Waals surface area contributed by atoms with Gasteiger partial charge in [-0.1, -0.05) is 18.0 Å². The number of rotatable bonds is 5. The molecule has 5 heteroatoms. The summed E-state index contributed by atoms with van der Waals surface area (Å²) < 4.78 is 39.4. The largest absolute Gasteiger partial charge is 0.373 e. The molecule has 1 aromatic carbocycles. The molecule has 3 aliphatic carbocycles. The first-order valence-corrected chi connectivity index (χ1v) is 9.73. The Morgan fingerprint density at radius 2 is 1.81 bits per heavy atom. The Morgan fingerprint density at radius 1 is 1.04 bits per heavy atom. The molecule has 0 amide bonds. The van der Waals surface area contributed by atoms with E-state index in [-0.39, 0.29) is 11.7 Å². The molecule has 0 radical (unpaired) electrons. The molecule has 2 aromatic rings. The molecule has 138 valence electrons.